The van der Waals surface area contributed by atoms with E-state index in [9.17, 15) is 0 Å². The zero-order valence-corrected chi connectivity index (χ0v) is 8.32. The van der Waals surface area contributed by atoms with Crippen molar-refractivity contribution in [2.45, 2.75) is 6.92 Å². The van der Waals surface area contributed by atoms with Crippen LogP contribution < -0.4 is 4.74 Å². The molecule has 2 aromatic rings. The summed E-state index contributed by atoms with van der Waals surface area (Å²) < 4.78 is 7.08. The van der Waals surface area contributed by atoms with Gasteiger partial charge >= 0.3 is 6.01 Å². The number of ether oxygens (including phenoxy) is 1. The molecule has 3 nitrogen and oxygen atoms in total. The van der Waals surface area contributed by atoms with Gasteiger partial charge in [0.1, 0.15) is 0 Å². The number of benzene rings is 1. The lowest BCUT2D eigenvalue weighted by atomic mass is 10.3. The number of rotatable bonds is 2. The molecule has 14 heavy (non-hydrogen) atoms. The Labute approximate surface area is 82.6 Å². The molecule has 0 spiro atoms. The van der Waals surface area contributed by atoms with Crippen molar-refractivity contribution in [3.8, 4) is 6.01 Å². The third-order valence-electron chi connectivity index (χ3n) is 2.09. The molecule has 2 rings (SSSR count). The van der Waals surface area contributed by atoms with E-state index in [0.29, 0.717) is 6.01 Å². The molecule has 1 heterocycles. The van der Waals surface area contributed by atoms with Crippen LogP contribution in [0.5, 0.6) is 6.01 Å². The van der Waals surface area contributed by atoms with Gasteiger partial charge in [0, 0.05) is 5.70 Å². The minimum absolute atomic E-state index is 0.582. The number of hydrogen-bond acceptors (Lipinski definition) is 2. The van der Waals surface area contributed by atoms with Gasteiger partial charge in [-0.1, -0.05) is 18.7 Å². The molecule has 0 aliphatic heterocycles. The molecule has 1 aromatic carbocycles. The number of methoxy groups -OCH3 is 1. The Balaban J connectivity index is 2.81. The van der Waals surface area contributed by atoms with Crippen LogP contribution in [0.3, 0.4) is 0 Å². The monoisotopic (exact) mass is 188 g/mol. The van der Waals surface area contributed by atoms with E-state index in [2.05, 4.69) is 11.6 Å². The second kappa shape index (κ2) is 3.18. The quantitative estimate of drug-likeness (QED) is 0.724. The first-order chi connectivity index (χ1) is 6.74. The Bertz CT molecular complexity index is 485. The van der Waals surface area contributed by atoms with Crippen molar-refractivity contribution in [2.75, 3.05) is 7.11 Å². The molecule has 0 N–H and O–H groups in total. The fraction of sp³-hybridized carbons (Fsp3) is 0.182. The number of para-hydroxylation sites is 2. The molecule has 0 unspecified atom stereocenters. The first kappa shape index (κ1) is 8.81. The van der Waals surface area contributed by atoms with Crippen LogP contribution in [0, 0.1) is 0 Å². The normalized spacial score (nSPS) is 10.4. The highest BCUT2D eigenvalue weighted by Gasteiger charge is 2.09. The second-order valence-electron chi connectivity index (χ2n) is 3.16. The Kier molecular flexibility index (Phi) is 2.00. The van der Waals surface area contributed by atoms with E-state index < -0.39 is 0 Å². The smallest absolute Gasteiger partial charge is 0.301 e. The van der Waals surface area contributed by atoms with Crippen molar-refractivity contribution in [3.05, 3.63) is 30.8 Å². The SMILES string of the molecule is C=C(C)n1c(OC)nc2ccccc21. The Morgan fingerprint density at radius 2 is 2.14 bits per heavy atom. The molecule has 0 aliphatic rings. The van der Waals surface area contributed by atoms with Crippen molar-refractivity contribution < 1.29 is 4.74 Å². The van der Waals surface area contributed by atoms with Gasteiger partial charge in [-0.2, -0.15) is 4.98 Å². The summed E-state index contributed by atoms with van der Waals surface area (Å²) in [5, 5.41) is 0. The Morgan fingerprint density at radius 3 is 2.79 bits per heavy atom. The third-order valence-corrected chi connectivity index (χ3v) is 2.09. The van der Waals surface area contributed by atoms with Gasteiger partial charge < -0.3 is 4.74 Å². The molecule has 0 saturated heterocycles. The van der Waals surface area contributed by atoms with Crippen LogP contribution in [-0.4, -0.2) is 16.7 Å². The first-order valence-corrected chi connectivity index (χ1v) is 4.41. The summed E-state index contributed by atoms with van der Waals surface area (Å²) in [5.74, 6) is 0. The summed E-state index contributed by atoms with van der Waals surface area (Å²) in [5.41, 5.74) is 2.85. The van der Waals surface area contributed by atoms with Gasteiger partial charge in [-0.25, -0.2) is 0 Å². The van der Waals surface area contributed by atoms with Crippen molar-refractivity contribution in [3.63, 3.8) is 0 Å². The molecule has 0 saturated carbocycles. The van der Waals surface area contributed by atoms with Crippen LogP contribution in [-0.2, 0) is 0 Å². The maximum atomic E-state index is 5.18. The van der Waals surface area contributed by atoms with Gasteiger partial charge in [-0.05, 0) is 19.1 Å². The van der Waals surface area contributed by atoms with Gasteiger partial charge in [-0.15, -0.1) is 0 Å². The largest absolute Gasteiger partial charge is 0.468 e. The minimum Gasteiger partial charge on any atom is -0.468 e. The lowest BCUT2D eigenvalue weighted by molar-refractivity contribution is 0.377. The average molecular weight is 188 g/mol. The third kappa shape index (κ3) is 1.18. The molecule has 0 atom stereocenters. The highest BCUT2D eigenvalue weighted by molar-refractivity contribution is 5.80. The Hall–Kier alpha value is -1.77. The first-order valence-electron chi connectivity index (χ1n) is 4.41. The maximum absolute atomic E-state index is 5.18. The van der Waals surface area contributed by atoms with Gasteiger partial charge in [0.25, 0.3) is 0 Å². The highest BCUT2D eigenvalue weighted by Crippen LogP contribution is 2.23. The molecule has 72 valence electrons. The molecule has 1 aromatic heterocycles. The maximum Gasteiger partial charge on any atom is 0.301 e. The predicted octanol–water partition coefficient (Wildman–Crippen LogP) is 2.54. The fourth-order valence-corrected chi connectivity index (χ4v) is 1.51. The zero-order valence-electron chi connectivity index (χ0n) is 8.32. The lowest BCUT2D eigenvalue weighted by Crippen LogP contribution is -1.96. The minimum atomic E-state index is 0.582. The van der Waals surface area contributed by atoms with Gasteiger partial charge in [-0.3, -0.25) is 4.57 Å². The number of hydrogen-bond donors (Lipinski definition) is 0. The summed E-state index contributed by atoms with van der Waals surface area (Å²) in [7, 11) is 1.61. The zero-order chi connectivity index (χ0) is 10.1. The fourth-order valence-electron chi connectivity index (χ4n) is 1.51. The van der Waals surface area contributed by atoms with Crippen LogP contribution in [0.4, 0.5) is 0 Å². The molecule has 0 aliphatic carbocycles. The van der Waals surface area contributed by atoms with Crippen molar-refractivity contribution in [2.24, 2.45) is 0 Å². The molecule has 3 heteroatoms. The van der Waals surface area contributed by atoms with E-state index in [1.165, 1.54) is 0 Å². The van der Waals surface area contributed by atoms with E-state index in [-0.39, 0.29) is 0 Å². The summed E-state index contributed by atoms with van der Waals surface area (Å²) in [6.07, 6.45) is 0. The van der Waals surface area contributed by atoms with Gasteiger partial charge in [0.05, 0.1) is 18.1 Å². The van der Waals surface area contributed by atoms with Gasteiger partial charge in [0.2, 0.25) is 0 Å². The summed E-state index contributed by atoms with van der Waals surface area (Å²) >= 11 is 0. The number of fused-ring (bicyclic) bond motifs is 1. The number of imidazole rings is 1. The predicted molar refractivity (Wildman–Crippen MR) is 57.3 cm³/mol. The lowest BCUT2D eigenvalue weighted by Gasteiger charge is -2.05. The topological polar surface area (TPSA) is 27.1 Å². The highest BCUT2D eigenvalue weighted by atomic mass is 16.5. The van der Waals surface area contributed by atoms with Crippen LogP contribution in [0.1, 0.15) is 6.92 Å². The van der Waals surface area contributed by atoms with E-state index in [1.807, 2.05) is 35.8 Å². The molecule has 0 radical (unpaired) electrons. The number of aromatic nitrogens is 2. The van der Waals surface area contributed by atoms with Gasteiger partial charge in [0.15, 0.2) is 0 Å². The van der Waals surface area contributed by atoms with E-state index in [1.54, 1.807) is 7.11 Å². The second-order valence-corrected chi connectivity index (χ2v) is 3.16. The molecular formula is C11H12N2O. The van der Waals surface area contributed by atoms with Crippen molar-refractivity contribution in [1.82, 2.24) is 9.55 Å². The van der Waals surface area contributed by atoms with Crippen LogP contribution in [0.2, 0.25) is 0 Å². The van der Waals surface area contributed by atoms with Crippen molar-refractivity contribution in [1.29, 1.82) is 0 Å². The van der Waals surface area contributed by atoms with E-state index >= 15 is 0 Å². The summed E-state index contributed by atoms with van der Waals surface area (Å²) in [6, 6.07) is 8.47. The molecular weight excluding hydrogens is 176 g/mol. The Morgan fingerprint density at radius 1 is 1.43 bits per heavy atom. The molecule has 0 fully saturated rings. The van der Waals surface area contributed by atoms with E-state index in [0.717, 1.165) is 16.7 Å². The van der Waals surface area contributed by atoms with Crippen LogP contribution >= 0.6 is 0 Å². The van der Waals surface area contributed by atoms with E-state index in [4.69, 9.17) is 4.74 Å². The average Bonchev–Trinajstić information content (AvgIpc) is 2.55. The number of allylic oxidation sites excluding steroid dienone is 1. The van der Waals surface area contributed by atoms with Crippen LogP contribution in [0.15, 0.2) is 30.8 Å². The summed E-state index contributed by atoms with van der Waals surface area (Å²) in [6.45, 7) is 5.83. The molecule has 0 bridgehead atoms. The number of nitrogens with zero attached hydrogens (tertiary/aromatic N) is 2. The standard InChI is InChI=1S/C11H12N2O/c1-8(2)13-10-7-5-4-6-9(10)12-11(13)14-3/h4-7H,1H2,2-3H3. The van der Waals surface area contributed by atoms with Crippen LogP contribution in [0.25, 0.3) is 16.7 Å². The molecule has 0 amide bonds. The summed E-state index contributed by atoms with van der Waals surface area (Å²) in [4.78, 5) is 4.33. The van der Waals surface area contributed by atoms with Crippen molar-refractivity contribution >= 4 is 16.7 Å².